The summed E-state index contributed by atoms with van der Waals surface area (Å²) in [4.78, 5) is 27.8. The summed E-state index contributed by atoms with van der Waals surface area (Å²) in [6, 6.07) is 15.2. The molecule has 2 aliphatic rings. The molecule has 0 aliphatic carbocycles. The Morgan fingerprint density at radius 3 is 2.60 bits per heavy atom. The quantitative estimate of drug-likeness (QED) is 0.673. The predicted octanol–water partition coefficient (Wildman–Crippen LogP) is 3.54. The Morgan fingerprint density at radius 2 is 1.80 bits per heavy atom. The molecule has 5 heteroatoms. The van der Waals surface area contributed by atoms with Gasteiger partial charge in [0.2, 0.25) is 5.91 Å². The van der Waals surface area contributed by atoms with Crippen LogP contribution in [0, 0.1) is 0 Å². The zero-order valence-corrected chi connectivity index (χ0v) is 14.2. The van der Waals surface area contributed by atoms with Crippen LogP contribution in [0.3, 0.4) is 0 Å². The molecule has 0 bridgehead atoms. The lowest BCUT2D eigenvalue weighted by molar-refractivity contribution is -0.119. The number of hydrogen-bond donors (Lipinski definition) is 0. The largest absolute Gasteiger partial charge is 0.325 e. The fourth-order valence-electron chi connectivity index (χ4n) is 4.17. The van der Waals surface area contributed by atoms with Gasteiger partial charge >= 0.3 is 0 Å². The highest BCUT2D eigenvalue weighted by molar-refractivity contribution is 6.31. The van der Waals surface area contributed by atoms with Crippen molar-refractivity contribution in [3.63, 3.8) is 0 Å². The average molecular weight is 351 g/mol. The number of amides is 1. The fraction of sp³-hybridized carbons (Fsp3) is 0.200. The molecule has 0 N–H and O–H groups in total. The maximum atomic E-state index is 13.3. The molecule has 0 spiro atoms. The topological polar surface area (TPSA) is 42.3 Å². The van der Waals surface area contributed by atoms with E-state index in [0.717, 1.165) is 22.5 Å². The molecule has 3 aromatic rings. The van der Waals surface area contributed by atoms with E-state index < -0.39 is 0 Å². The summed E-state index contributed by atoms with van der Waals surface area (Å²) in [5.74, 6) is 0.644. The van der Waals surface area contributed by atoms with E-state index in [1.54, 1.807) is 17.0 Å². The van der Waals surface area contributed by atoms with Crippen molar-refractivity contribution < 1.29 is 4.79 Å². The summed E-state index contributed by atoms with van der Waals surface area (Å²) in [7, 11) is 0. The lowest BCUT2D eigenvalue weighted by Crippen LogP contribution is -2.38. The number of benzene rings is 2. The first-order valence-electron chi connectivity index (χ1n) is 8.36. The molecule has 124 valence electrons. The van der Waals surface area contributed by atoms with Gasteiger partial charge < -0.3 is 4.57 Å². The molecular formula is C20H15ClN2O2. The van der Waals surface area contributed by atoms with Crippen LogP contribution < -0.4 is 10.3 Å². The van der Waals surface area contributed by atoms with Crippen LogP contribution in [0.4, 0.5) is 5.82 Å². The molecule has 0 fully saturated rings. The molecule has 0 radical (unpaired) electrons. The van der Waals surface area contributed by atoms with Crippen LogP contribution in [0.25, 0.3) is 10.9 Å². The van der Waals surface area contributed by atoms with Gasteiger partial charge in [0.05, 0.1) is 5.52 Å². The van der Waals surface area contributed by atoms with Gasteiger partial charge in [0.1, 0.15) is 5.82 Å². The van der Waals surface area contributed by atoms with Crippen molar-refractivity contribution in [2.24, 2.45) is 0 Å². The number of nitrogens with zero attached hydrogens (tertiary/aromatic N) is 2. The summed E-state index contributed by atoms with van der Waals surface area (Å²) in [6.45, 7) is 1.32. The van der Waals surface area contributed by atoms with Gasteiger partial charge in [0.25, 0.3) is 0 Å². The average Bonchev–Trinajstić information content (AvgIpc) is 3.07. The van der Waals surface area contributed by atoms with Crippen LogP contribution in [0.15, 0.2) is 53.3 Å². The van der Waals surface area contributed by atoms with Gasteiger partial charge in [0.15, 0.2) is 5.43 Å². The molecule has 1 aromatic heterocycles. The highest BCUT2D eigenvalue weighted by atomic mass is 35.5. The summed E-state index contributed by atoms with van der Waals surface area (Å²) in [6.07, 6.45) is 0.332. The number of aromatic nitrogens is 1. The number of rotatable bonds is 1. The predicted molar refractivity (Wildman–Crippen MR) is 98.5 cm³/mol. The number of carbonyl (C=O) groups is 1. The Bertz CT molecular complexity index is 1090. The Kier molecular flexibility index (Phi) is 3.06. The smallest absolute Gasteiger partial charge is 0.229 e. The first-order chi connectivity index (χ1) is 12.1. The van der Waals surface area contributed by atoms with Crippen molar-refractivity contribution in [1.29, 1.82) is 0 Å². The minimum Gasteiger partial charge on any atom is -0.325 e. The van der Waals surface area contributed by atoms with Crippen molar-refractivity contribution in [3.8, 4) is 0 Å². The first-order valence-corrected chi connectivity index (χ1v) is 8.74. The molecule has 1 unspecified atom stereocenters. The van der Waals surface area contributed by atoms with Gasteiger partial charge in [-0.05, 0) is 23.8 Å². The van der Waals surface area contributed by atoms with Crippen molar-refractivity contribution in [1.82, 2.24) is 4.57 Å². The Hall–Kier alpha value is -2.59. The summed E-state index contributed by atoms with van der Waals surface area (Å²) >= 11 is 6.14. The van der Waals surface area contributed by atoms with E-state index >= 15 is 0 Å². The van der Waals surface area contributed by atoms with E-state index in [1.165, 1.54) is 0 Å². The molecular weight excluding hydrogens is 336 g/mol. The molecule has 2 aliphatic heterocycles. The van der Waals surface area contributed by atoms with Gasteiger partial charge in [0, 0.05) is 41.4 Å². The minimum atomic E-state index is -0.208. The van der Waals surface area contributed by atoms with E-state index in [2.05, 4.69) is 4.57 Å². The molecule has 0 saturated heterocycles. The molecule has 1 atom stereocenters. The molecule has 2 aromatic carbocycles. The second-order valence-corrected chi connectivity index (χ2v) is 7.03. The molecule has 25 heavy (non-hydrogen) atoms. The third kappa shape index (κ3) is 2.01. The van der Waals surface area contributed by atoms with Crippen molar-refractivity contribution >= 4 is 34.2 Å². The third-order valence-electron chi connectivity index (χ3n) is 5.27. The van der Waals surface area contributed by atoms with Crippen LogP contribution in [-0.4, -0.2) is 17.0 Å². The molecule has 4 nitrogen and oxygen atoms in total. The normalized spacial score (nSPS) is 18.7. The highest BCUT2D eigenvalue weighted by Crippen LogP contribution is 2.42. The Balaban J connectivity index is 1.90. The second-order valence-electron chi connectivity index (χ2n) is 6.59. The van der Waals surface area contributed by atoms with Crippen LogP contribution in [-0.2, 0) is 11.3 Å². The van der Waals surface area contributed by atoms with Crippen LogP contribution >= 0.6 is 11.6 Å². The van der Waals surface area contributed by atoms with Gasteiger partial charge in [-0.1, -0.05) is 41.9 Å². The molecule has 5 rings (SSSR count). The van der Waals surface area contributed by atoms with Crippen molar-refractivity contribution in [2.75, 3.05) is 11.4 Å². The SMILES string of the molecule is O=C1CC(c2ccccc2)c2c3n(c4ccc(Cl)cc4c2=O)CCN13. The van der Waals surface area contributed by atoms with E-state index in [0.29, 0.717) is 29.9 Å². The van der Waals surface area contributed by atoms with Gasteiger partial charge in [-0.3, -0.25) is 14.5 Å². The standard InChI is InChI=1S/C20H15ClN2O2/c21-13-6-7-16-15(10-13)19(25)18-14(12-4-2-1-3-5-12)11-17(24)23-9-8-22(16)20(18)23/h1-7,10,14H,8-9,11H2. The fourth-order valence-corrected chi connectivity index (χ4v) is 4.34. The molecule has 1 amide bonds. The van der Waals surface area contributed by atoms with Gasteiger partial charge in [-0.15, -0.1) is 0 Å². The lowest BCUT2D eigenvalue weighted by Gasteiger charge is -2.31. The number of halogens is 1. The molecule has 3 heterocycles. The van der Waals surface area contributed by atoms with Gasteiger partial charge in [-0.25, -0.2) is 0 Å². The van der Waals surface area contributed by atoms with Crippen molar-refractivity contribution in [2.45, 2.75) is 18.9 Å². The summed E-state index contributed by atoms with van der Waals surface area (Å²) in [5.41, 5.74) is 2.55. The Labute approximate surface area is 149 Å². The van der Waals surface area contributed by atoms with Crippen LogP contribution in [0.1, 0.15) is 23.5 Å². The number of pyridine rings is 1. The minimum absolute atomic E-state index is 0.0167. The summed E-state index contributed by atoms with van der Waals surface area (Å²) in [5, 5.41) is 1.18. The maximum absolute atomic E-state index is 13.3. The van der Waals surface area contributed by atoms with Crippen LogP contribution in [0.5, 0.6) is 0 Å². The highest BCUT2D eigenvalue weighted by Gasteiger charge is 2.39. The lowest BCUT2D eigenvalue weighted by atomic mass is 9.85. The molecule has 0 saturated carbocycles. The number of carbonyl (C=O) groups excluding carboxylic acids is 1. The summed E-state index contributed by atoms with van der Waals surface area (Å²) < 4.78 is 2.09. The van der Waals surface area contributed by atoms with E-state index in [-0.39, 0.29) is 17.3 Å². The van der Waals surface area contributed by atoms with Crippen molar-refractivity contribution in [3.05, 3.63) is 74.9 Å². The Morgan fingerprint density at radius 1 is 1.00 bits per heavy atom. The maximum Gasteiger partial charge on any atom is 0.229 e. The van der Waals surface area contributed by atoms with Gasteiger partial charge in [-0.2, -0.15) is 0 Å². The van der Waals surface area contributed by atoms with Crippen LogP contribution in [0.2, 0.25) is 5.02 Å². The second kappa shape index (κ2) is 5.20. The zero-order chi connectivity index (χ0) is 17.1. The van der Waals surface area contributed by atoms with E-state index in [9.17, 15) is 9.59 Å². The third-order valence-corrected chi connectivity index (χ3v) is 5.50. The zero-order valence-electron chi connectivity index (χ0n) is 13.4. The van der Waals surface area contributed by atoms with E-state index in [4.69, 9.17) is 11.6 Å². The number of anilines is 1. The number of hydrogen-bond acceptors (Lipinski definition) is 2. The first kappa shape index (κ1) is 14.7. The monoisotopic (exact) mass is 350 g/mol. The number of fused-ring (bicyclic) bond motifs is 2. The van der Waals surface area contributed by atoms with E-state index in [1.807, 2.05) is 36.4 Å².